The van der Waals surface area contributed by atoms with E-state index in [2.05, 4.69) is 13.2 Å². The fourth-order valence-electron chi connectivity index (χ4n) is 1.19. The van der Waals surface area contributed by atoms with Gasteiger partial charge in [-0.05, 0) is 31.5 Å². The summed E-state index contributed by atoms with van der Waals surface area (Å²) >= 11 is 0. The number of aliphatic hydroxyl groups is 1. The van der Waals surface area contributed by atoms with Gasteiger partial charge in [0.25, 0.3) is 0 Å². The van der Waals surface area contributed by atoms with Crippen LogP contribution in [0.2, 0.25) is 0 Å². The van der Waals surface area contributed by atoms with Crippen LogP contribution in [0.25, 0.3) is 0 Å². The summed E-state index contributed by atoms with van der Waals surface area (Å²) in [7, 11) is 0. The van der Waals surface area contributed by atoms with Crippen LogP contribution in [0.5, 0.6) is 11.5 Å². The summed E-state index contributed by atoms with van der Waals surface area (Å²) in [5.41, 5.74) is 0.939. The third kappa shape index (κ3) is 4.07. The van der Waals surface area contributed by atoms with Crippen LogP contribution in [-0.2, 0) is 16.2 Å². The molecule has 0 atom stereocenters. The van der Waals surface area contributed by atoms with Crippen LogP contribution in [-0.4, -0.2) is 17.0 Å². The van der Waals surface area contributed by atoms with Gasteiger partial charge in [-0.25, -0.2) is 9.59 Å². The molecule has 0 bridgehead atoms. The Labute approximate surface area is 117 Å². The number of rotatable bonds is 5. The maximum Gasteiger partial charge on any atom is 0.338 e. The maximum absolute atomic E-state index is 11.5. The number of ether oxygens (including phenoxy) is 2. The van der Waals surface area contributed by atoms with Crippen LogP contribution in [0.3, 0.4) is 0 Å². The molecule has 1 aromatic carbocycles. The zero-order valence-corrected chi connectivity index (χ0v) is 11.4. The van der Waals surface area contributed by atoms with E-state index in [0.717, 1.165) is 0 Å². The van der Waals surface area contributed by atoms with Gasteiger partial charge in [-0.2, -0.15) is 0 Å². The van der Waals surface area contributed by atoms with Gasteiger partial charge in [-0.15, -0.1) is 0 Å². The molecule has 0 saturated heterocycles. The molecule has 0 aliphatic heterocycles. The highest BCUT2D eigenvalue weighted by molar-refractivity contribution is 5.91. The van der Waals surface area contributed by atoms with Crippen molar-refractivity contribution in [1.29, 1.82) is 0 Å². The molecule has 0 heterocycles. The van der Waals surface area contributed by atoms with Crippen molar-refractivity contribution in [2.75, 3.05) is 0 Å². The second kappa shape index (κ2) is 6.68. The third-order valence-electron chi connectivity index (χ3n) is 2.29. The minimum Gasteiger partial charge on any atom is -0.419 e. The highest BCUT2D eigenvalue weighted by Gasteiger charge is 2.15. The Morgan fingerprint density at radius 2 is 1.55 bits per heavy atom. The molecule has 106 valence electrons. The molecule has 0 saturated carbocycles. The van der Waals surface area contributed by atoms with E-state index in [1.54, 1.807) is 6.07 Å². The van der Waals surface area contributed by atoms with Crippen molar-refractivity contribution >= 4 is 11.9 Å². The van der Waals surface area contributed by atoms with Crippen molar-refractivity contribution in [2.24, 2.45) is 0 Å². The van der Waals surface area contributed by atoms with Gasteiger partial charge in [0.1, 0.15) is 0 Å². The lowest BCUT2D eigenvalue weighted by atomic mass is 10.2. The lowest BCUT2D eigenvalue weighted by molar-refractivity contribution is -0.132. The van der Waals surface area contributed by atoms with Crippen LogP contribution >= 0.6 is 0 Å². The molecule has 5 heteroatoms. The van der Waals surface area contributed by atoms with Crippen molar-refractivity contribution in [1.82, 2.24) is 0 Å². The van der Waals surface area contributed by atoms with Gasteiger partial charge in [-0.3, -0.25) is 0 Å². The van der Waals surface area contributed by atoms with Gasteiger partial charge in [-0.1, -0.05) is 19.2 Å². The first-order valence-electron chi connectivity index (χ1n) is 5.84. The molecule has 0 aliphatic rings. The van der Waals surface area contributed by atoms with E-state index >= 15 is 0 Å². The number of benzene rings is 1. The molecular formula is C15H16O5. The van der Waals surface area contributed by atoms with E-state index in [4.69, 9.17) is 14.6 Å². The van der Waals surface area contributed by atoms with E-state index in [-0.39, 0.29) is 29.3 Å². The summed E-state index contributed by atoms with van der Waals surface area (Å²) in [6.07, 6.45) is 0. The zero-order chi connectivity index (χ0) is 15.3. The highest BCUT2D eigenvalue weighted by Crippen LogP contribution is 2.29. The normalized spacial score (nSPS) is 9.75. The van der Waals surface area contributed by atoms with Crippen LogP contribution < -0.4 is 9.47 Å². The lowest BCUT2D eigenvalue weighted by Gasteiger charge is -2.11. The van der Waals surface area contributed by atoms with Crippen molar-refractivity contribution in [3.8, 4) is 11.5 Å². The largest absolute Gasteiger partial charge is 0.419 e. The molecule has 0 unspecified atom stereocenters. The van der Waals surface area contributed by atoms with Crippen LogP contribution in [0.4, 0.5) is 0 Å². The average molecular weight is 276 g/mol. The number of carbonyl (C=O) groups excluding carboxylic acids is 2. The van der Waals surface area contributed by atoms with E-state index in [1.165, 1.54) is 26.0 Å². The molecule has 0 aromatic heterocycles. The summed E-state index contributed by atoms with van der Waals surface area (Å²) in [5, 5.41) is 9.09. The van der Waals surface area contributed by atoms with Gasteiger partial charge in [0.15, 0.2) is 11.5 Å². The van der Waals surface area contributed by atoms with E-state index in [1.807, 2.05) is 0 Å². The number of hydrogen-bond donors (Lipinski definition) is 1. The summed E-state index contributed by atoms with van der Waals surface area (Å²) in [5.74, 6) is -1.16. The molecule has 1 rings (SSSR count). The molecule has 5 nitrogen and oxygen atoms in total. The second-order valence-electron chi connectivity index (χ2n) is 4.28. The third-order valence-corrected chi connectivity index (χ3v) is 2.29. The van der Waals surface area contributed by atoms with Crippen molar-refractivity contribution in [3.63, 3.8) is 0 Å². The van der Waals surface area contributed by atoms with Gasteiger partial charge < -0.3 is 14.6 Å². The Hall–Kier alpha value is -2.40. The van der Waals surface area contributed by atoms with E-state index in [9.17, 15) is 9.59 Å². The van der Waals surface area contributed by atoms with Gasteiger partial charge >= 0.3 is 11.9 Å². The maximum atomic E-state index is 11.5. The SMILES string of the molecule is C=C(C)C(=O)Oc1ccc(CO)cc1OC(=O)C(=C)C. The first kappa shape index (κ1) is 15.7. The zero-order valence-electron chi connectivity index (χ0n) is 11.4. The Bertz CT molecular complexity index is 572. The van der Waals surface area contributed by atoms with Gasteiger partial charge in [0, 0.05) is 11.1 Å². The molecule has 20 heavy (non-hydrogen) atoms. The highest BCUT2D eigenvalue weighted by atomic mass is 16.6. The lowest BCUT2D eigenvalue weighted by Crippen LogP contribution is -2.13. The van der Waals surface area contributed by atoms with E-state index < -0.39 is 11.9 Å². The van der Waals surface area contributed by atoms with Crippen molar-refractivity contribution in [3.05, 3.63) is 48.1 Å². The fraction of sp³-hybridized carbons (Fsp3) is 0.200. The molecule has 0 aliphatic carbocycles. The molecule has 0 amide bonds. The van der Waals surface area contributed by atoms with E-state index in [0.29, 0.717) is 5.56 Å². The standard InChI is InChI=1S/C15H16O5/c1-9(2)14(17)19-12-6-5-11(8-16)7-13(12)20-15(18)10(3)4/h5-7,16H,1,3,8H2,2,4H3. The summed E-state index contributed by atoms with van der Waals surface area (Å²) in [6, 6.07) is 4.41. The van der Waals surface area contributed by atoms with Crippen molar-refractivity contribution < 1.29 is 24.2 Å². The molecule has 0 spiro atoms. The number of esters is 2. The number of hydrogen-bond acceptors (Lipinski definition) is 5. The topological polar surface area (TPSA) is 72.8 Å². The van der Waals surface area contributed by atoms with Crippen LogP contribution in [0.1, 0.15) is 19.4 Å². The summed E-state index contributed by atoms with van der Waals surface area (Å²) < 4.78 is 10.1. The molecule has 1 N–H and O–H groups in total. The fourth-order valence-corrected chi connectivity index (χ4v) is 1.19. The molecule has 1 aromatic rings. The van der Waals surface area contributed by atoms with Gasteiger partial charge in [0.2, 0.25) is 0 Å². The first-order chi connectivity index (χ1) is 9.35. The molecular weight excluding hydrogens is 260 g/mol. The average Bonchev–Trinajstić information content (AvgIpc) is 2.40. The quantitative estimate of drug-likeness (QED) is 0.507. The Morgan fingerprint density at radius 3 is 2.00 bits per heavy atom. The Morgan fingerprint density at radius 1 is 1.05 bits per heavy atom. The minimum atomic E-state index is -0.646. The van der Waals surface area contributed by atoms with Crippen LogP contribution in [0.15, 0.2) is 42.5 Å². The minimum absolute atomic E-state index is 0.0409. The second-order valence-corrected chi connectivity index (χ2v) is 4.28. The predicted molar refractivity (Wildman–Crippen MR) is 73.3 cm³/mol. The molecule has 0 radical (unpaired) electrons. The summed E-state index contributed by atoms with van der Waals surface area (Å²) in [6.45, 7) is 9.71. The van der Waals surface area contributed by atoms with Crippen LogP contribution in [0, 0.1) is 0 Å². The smallest absolute Gasteiger partial charge is 0.338 e. The summed E-state index contributed by atoms with van der Waals surface area (Å²) in [4.78, 5) is 23.1. The monoisotopic (exact) mass is 276 g/mol. The Balaban J connectivity index is 3.09. The number of carbonyl (C=O) groups is 2. The van der Waals surface area contributed by atoms with Gasteiger partial charge in [0.05, 0.1) is 6.61 Å². The van der Waals surface area contributed by atoms with Crippen molar-refractivity contribution in [2.45, 2.75) is 20.5 Å². The predicted octanol–water partition coefficient (Wildman–Crippen LogP) is 2.14. The first-order valence-corrected chi connectivity index (χ1v) is 5.84. The molecule has 0 fully saturated rings. The Kier molecular flexibility index (Phi) is 5.23. The number of aliphatic hydroxyl groups excluding tert-OH is 1.